The summed E-state index contributed by atoms with van der Waals surface area (Å²) in [6.45, 7) is 23.2. The minimum absolute atomic E-state index is 0. The Morgan fingerprint density at radius 2 is 0.969 bits per heavy atom. The molecular weight excluding hydrogens is 877 g/mol. The van der Waals surface area contributed by atoms with Crippen molar-refractivity contribution in [3.63, 3.8) is 0 Å². The smallest absolute Gasteiger partial charge is 0.107 e. The van der Waals surface area contributed by atoms with E-state index >= 15 is 0 Å². The fourth-order valence-electron chi connectivity index (χ4n) is 4.27. The summed E-state index contributed by atoms with van der Waals surface area (Å²) in [6.07, 6.45) is 14.7. The molecule has 206 valence electrons. The molecule has 8 heteroatoms. The second-order valence-electron chi connectivity index (χ2n) is 7.67. The number of halogens is 2. The molecule has 0 fully saturated rings. The average molecular weight is 931 g/mol. The molecule has 2 unspecified atom stereocenters. The van der Waals surface area contributed by atoms with Gasteiger partial charge in [-0.1, -0.05) is 100 Å². The van der Waals surface area contributed by atoms with Gasteiger partial charge in [-0.2, -0.15) is 0 Å². The molecule has 32 heavy (non-hydrogen) atoms. The van der Waals surface area contributed by atoms with E-state index in [1.54, 1.807) is 6.16 Å². The predicted molar refractivity (Wildman–Crippen MR) is 159 cm³/mol. The van der Waals surface area contributed by atoms with Crippen molar-refractivity contribution in [3.05, 3.63) is 0 Å². The van der Waals surface area contributed by atoms with E-state index in [-0.39, 0.29) is 60.6 Å². The quantitative estimate of drug-likeness (QED) is 0.0822. The Kier molecular flexibility index (Phi) is 35.3. The molecule has 2 radical (unpaired) electrons. The minimum Gasteiger partial charge on any atom is -0.107 e. The predicted octanol–water partition coefficient (Wildman–Crippen LogP) is 10.7. The summed E-state index contributed by atoms with van der Waals surface area (Å²) >= 11 is 13.5. The van der Waals surface area contributed by atoms with Crippen LogP contribution in [0.15, 0.2) is 0 Å². The van der Waals surface area contributed by atoms with Crippen molar-refractivity contribution in [1.82, 2.24) is 0 Å². The molecule has 0 aromatic carbocycles. The zero-order valence-electron chi connectivity index (χ0n) is 22.6. The molecule has 0 heterocycles. The normalized spacial score (nSPS) is 13.5. The van der Waals surface area contributed by atoms with E-state index in [2.05, 4.69) is 69.2 Å². The van der Waals surface area contributed by atoms with Crippen molar-refractivity contribution < 1.29 is 44.8 Å². The van der Waals surface area contributed by atoms with Crippen LogP contribution >= 0.6 is 54.9 Å². The third kappa shape index (κ3) is 15.9. The Morgan fingerprint density at radius 3 is 1.22 bits per heavy atom. The molecule has 0 bridgehead atoms. The second kappa shape index (κ2) is 26.4. The van der Waals surface area contributed by atoms with Crippen LogP contribution in [0.25, 0.3) is 0 Å². The third-order valence-electron chi connectivity index (χ3n) is 6.39. The fraction of sp³-hybridized carbons (Fsp3) is 1.00. The van der Waals surface area contributed by atoms with E-state index in [0.717, 1.165) is 24.4 Å². The topological polar surface area (TPSA) is 0 Å². The minimum atomic E-state index is -0.453. The first-order valence-corrected chi connectivity index (χ1v) is 20.5. The Balaban J connectivity index is -0.000000232. The van der Waals surface area contributed by atoms with Crippen LogP contribution in [-0.4, -0.2) is 70.8 Å². The van der Waals surface area contributed by atoms with Crippen molar-refractivity contribution in [2.75, 3.05) is 55.5 Å². The van der Waals surface area contributed by atoms with Gasteiger partial charge in [0.15, 0.2) is 0 Å². The summed E-state index contributed by atoms with van der Waals surface area (Å²) in [5, 5.41) is 0. The van der Waals surface area contributed by atoms with Gasteiger partial charge in [0.1, 0.15) is 4.07 Å². The second-order valence-corrected chi connectivity index (χ2v) is 21.8. The van der Waals surface area contributed by atoms with E-state index in [4.69, 9.17) is 23.2 Å². The maximum absolute atomic E-state index is 6.73. The first kappa shape index (κ1) is 42.9. The summed E-state index contributed by atoms with van der Waals surface area (Å²) in [5.41, 5.74) is 1.60. The van der Waals surface area contributed by atoms with Crippen molar-refractivity contribution in [3.8, 4) is 0 Å². The Morgan fingerprint density at radius 1 is 0.562 bits per heavy atom. The monoisotopic (exact) mass is 930 g/mol. The SMILES string of the molecule is CCC(CP(CC)CC)P(CC)CC.CCC(P(CC)CC)C(Cl)(Cl)P(CC)CC.[Au].[Au]. The standard InChI is InChI=1S/C12H26Cl2P2.C12H28P2.2Au/c1-6-11(15(7-2)8-3)12(13,14)16(9-4)10-5;1-6-12(14(9-4)10-5)11-13(7-2)8-3;;/h11H,6-10H2,1-5H3;12H,6-11H2,1-5H3;;. The van der Waals surface area contributed by atoms with Gasteiger partial charge in [0.2, 0.25) is 0 Å². The van der Waals surface area contributed by atoms with Crippen molar-refractivity contribution in [2.24, 2.45) is 0 Å². The maximum atomic E-state index is 6.73. The molecule has 0 aliphatic rings. The van der Waals surface area contributed by atoms with Crippen LogP contribution in [0.5, 0.6) is 0 Å². The average Bonchev–Trinajstić information content (AvgIpc) is 2.75. The fourth-order valence-corrected chi connectivity index (χ4v) is 17.4. The Bertz CT molecular complexity index is 377. The third-order valence-corrected chi connectivity index (χ3v) is 21.0. The van der Waals surface area contributed by atoms with Crippen LogP contribution in [0, 0.1) is 0 Å². The van der Waals surface area contributed by atoms with Gasteiger partial charge in [-0.25, -0.2) is 0 Å². The van der Waals surface area contributed by atoms with E-state index in [1.165, 1.54) is 43.4 Å². The van der Waals surface area contributed by atoms with Crippen LogP contribution in [0.3, 0.4) is 0 Å². The first-order valence-electron chi connectivity index (χ1n) is 12.5. The molecular formula is C24H54Au2Cl2P4. The van der Waals surface area contributed by atoms with Crippen LogP contribution < -0.4 is 0 Å². The van der Waals surface area contributed by atoms with Gasteiger partial charge in [-0.05, 0) is 74.0 Å². The molecule has 0 aliphatic heterocycles. The van der Waals surface area contributed by atoms with Crippen LogP contribution in [-0.2, 0) is 44.8 Å². The van der Waals surface area contributed by atoms with Gasteiger partial charge in [-0.15, -0.1) is 23.8 Å². The molecule has 0 saturated heterocycles. The molecule has 0 saturated carbocycles. The van der Waals surface area contributed by atoms with Gasteiger partial charge in [-0.3, -0.25) is 0 Å². The number of alkyl halides is 2. The summed E-state index contributed by atoms with van der Waals surface area (Å²) in [6, 6.07) is 0. The molecule has 2 atom stereocenters. The summed E-state index contributed by atoms with van der Waals surface area (Å²) in [4.78, 5) is 0. The van der Waals surface area contributed by atoms with E-state index in [0.29, 0.717) is 21.5 Å². The van der Waals surface area contributed by atoms with E-state index in [9.17, 15) is 0 Å². The first-order chi connectivity index (χ1) is 14.2. The summed E-state index contributed by atoms with van der Waals surface area (Å²) in [5.74, 6) is 0. The Labute approximate surface area is 250 Å². The van der Waals surface area contributed by atoms with Gasteiger partial charge < -0.3 is 0 Å². The maximum Gasteiger partial charge on any atom is 0.143 e. The molecule has 0 rings (SSSR count). The number of hydrogen-bond acceptors (Lipinski definition) is 0. The largest absolute Gasteiger partial charge is 0.143 e. The van der Waals surface area contributed by atoms with Crippen molar-refractivity contribution in [2.45, 2.75) is 97.5 Å². The van der Waals surface area contributed by atoms with Crippen molar-refractivity contribution >= 4 is 54.9 Å². The zero-order valence-corrected chi connectivity index (χ0v) is 32.0. The van der Waals surface area contributed by atoms with Gasteiger partial charge >= 0.3 is 0 Å². The molecule has 0 spiro atoms. The van der Waals surface area contributed by atoms with Gasteiger partial charge in [0.05, 0.1) is 0 Å². The Hall–Kier alpha value is 3.78. The van der Waals surface area contributed by atoms with Crippen LogP contribution in [0.1, 0.15) is 82.1 Å². The summed E-state index contributed by atoms with van der Waals surface area (Å²) in [7, 11) is 0.483. The zero-order chi connectivity index (χ0) is 23.7. The molecule has 0 amide bonds. The summed E-state index contributed by atoms with van der Waals surface area (Å²) < 4.78 is -0.453. The number of rotatable bonds is 16. The van der Waals surface area contributed by atoms with E-state index in [1.807, 2.05) is 0 Å². The molecule has 0 N–H and O–H groups in total. The van der Waals surface area contributed by atoms with Crippen molar-refractivity contribution in [1.29, 1.82) is 0 Å². The van der Waals surface area contributed by atoms with E-state index < -0.39 is 4.07 Å². The molecule has 0 aromatic rings. The molecule has 0 aliphatic carbocycles. The number of hydrogen-bond donors (Lipinski definition) is 0. The molecule has 0 aromatic heterocycles. The van der Waals surface area contributed by atoms with Gasteiger partial charge in [0, 0.05) is 50.4 Å². The molecule has 0 nitrogen and oxygen atoms in total. The van der Waals surface area contributed by atoms with Crippen LogP contribution in [0.4, 0.5) is 0 Å². The van der Waals surface area contributed by atoms with Gasteiger partial charge in [0.25, 0.3) is 0 Å². The van der Waals surface area contributed by atoms with Crippen LogP contribution in [0.2, 0.25) is 0 Å².